The fraction of sp³-hybridized carbons (Fsp3) is 0.571. The van der Waals surface area contributed by atoms with E-state index in [2.05, 4.69) is 13.0 Å². The summed E-state index contributed by atoms with van der Waals surface area (Å²) in [6, 6.07) is 8.18. The minimum absolute atomic E-state index is 0.174. The van der Waals surface area contributed by atoms with Crippen LogP contribution in [0.5, 0.6) is 5.75 Å². The summed E-state index contributed by atoms with van der Waals surface area (Å²) in [6.45, 7) is 2.14. The van der Waals surface area contributed by atoms with Gasteiger partial charge in [-0.1, -0.05) is 25.1 Å². The average molecular weight is 220 g/mol. The van der Waals surface area contributed by atoms with Crippen LogP contribution in [0.15, 0.2) is 24.3 Å². The van der Waals surface area contributed by atoms with Crippen molar-refractivity contribution >= 4 is 0 Å². The van der Waals surface area contributed by atoms with Crippen molar-refractivity contribution in [2.24, 2.45) is 0 Å². The van der Waals surface area contributed by atoms with E-state index in [4.69, 9.17) is 4.74 Å². The molecule has 0 aromatic heterocycles. The molecule has 1 fully saturated rings. The van der Waals surface area contributed by atoms with Crippen molar-refractivity contribution in [2.75, 3.05) is 0 Å². The molecule has 0 aliphatic heterocycles. The number of rotatable bonds is 3. The van der Waals surface area contributed by atoms with Crippen LogP contribution >= 0.6 is 0 Å². The minimum atomic E-state index is -0.174. The van der Waals surface area contributed by atoms with Crippen LogP contribution in [0.3, 0.4) is 0 Å². The Bertz CT molecular complexity index is 335. The van der Waals surface area contributed by atoms with E-state index in [1.165, 1.54) is 5.56 Å². The third-order valence-corrected chi connectivity index (χ3v) is 3.25. The fourth-order valence-corrected chi connectivity index (χ4v) is 2.32. The maximum atomic E-state index is 9.60. The molecule has 0 radical (unpaired) electrons. The van der Waals surface area contributed by atoms with Gasteiger partial charge in [0.25, 0.3) is 0 Å². The molecule has 1 N–H and O–H groups in total. The second kappa shape index (κ2) is 5.35. The van der Waals surface area contributed by atoms with E-state index in [0.29, 0.717) is 0 Å². The maximum Gasteiger partial charge on any atom is 0.122 e. The molecule has 0 heterocycles. The first kappa shape index (κ1) is 11.5. The van der Waals surface area contributed by atoms with E-state index in [0.717, 1.165) is 37.9 Å². The van der Waals surface area contributed by atoms with E-state index in [-0.39, 0.29) is 12.2 Å². The largest absolute Gasteiger partial charge is 0.490 e. The molecule has 1 aliphatic carbocycles. The van der Waals surface area contributed by atoms with Gasteiger partial charge in [0.05, 0.1) is 6.10 Å². The molecule has 2 nitrogen and oxygen atoms in total. The first-order valence-electron chi connectivity index (χ1n) is 6.22. The second-order valence-corrected chi connectivity index (χ2v) is 4.52. The Kier molecular flexibility index (Phi) is 3.83. The Hall–Kier alpha value is -1.02. The van der Waals surface area contributed by atoms with Gasteiger partial charge in [0.15, 0.2) is 0 Å². The third-order valence-electron chi connectivity index (χ3n) is 3.25. The van der Waals surface area contributed by atoms with E-state index >= 15 is 0 Å². The number of hydrogen-bond acceptors (Lipinski definition) is 2. The van der Waals surface area contributed by atoms with E-state index in [1.54, 1.807) is 0 Å². The summed E-state index contributed by atoms with van der Waals surface area (Å²) in [5, 5.41) is 9.60. The van der Waals surface area contributed by atoms with Gasteiger partial charge in [-0.05, 0) is 37.3 Å². The van der Waals surface area contributed by atoms with Crippen molar-refractivity contribution in [1.82, 2.24) is 0 Å². The molecular formula is C14H20O2. The Morgan fingerprint density at radius 2 is 2.12 bits per heavy atom. The van der Waals surface area contributed by atoms with Crippen LogP contribution in [0.1, 0.15) is 38.2 Å². The molecule has 1 aromatic carbocycles. The van der Waals surface area contributed by atoms with Crippen LogP contribution in [0.4, 0.5) is 0 Å². The highest BCUT2D eigenvalue weighted by molar-refractivity contribution is 5.33. The Morgan fingerprint density at radius 1 is 1.31 bits per heavy atom. The molecule has 2 rings (SSSR count). The zero-order valence-electron chi connectivity index (χ0n) is 9.86. The summed E-state index contributed by atoms with van der Waals surface area (Å²) in [6.07, 6.45) is 4.84. The van der Waals surface area contributed by atoms with Crippen LogP contribution in [0, 0.1) is 0 Å². The Balaban J connectivity index is 2.02. The predicted molar refractivity (Wildman–Crippen MR) is 64.7 cm³/mol. The van der Waals surface area contributed by atoms with Gasteiger partial charge < -0.3 is 9.84 Å². The molecule has 1 saturated carbocycles. The summed E-state index contributed by atoms with van der Waals surface area (Å²) in [4.78, 5) is 0. The molecule has 2 heteroatoms. The summed E-state index contributed by atoms with van der Waals surface area (Å²) in [5.74, 6) is 0.990. The van der Waals surface area contributed by atoms with Crippen molar-refractivity contribution in [2.45, 2.75) is 51.2 Å². The zero-order valence-corrected chi connectivity index (χ0v) is 9.86. The van der Waals surface area contributed by atoms with Crippen LogP contribution in [-0.4, -0.2) is 17.3 Å². The highest BCUT2D eigenvalue weighted by Crippen LogP contribution is 2.26. The lowest BCUT2D eigenvalue weighted by Gasteiger charge is -2.27. The third kappa shape index (κ3) is 2.76. The van der Waals surface area contributed by atoms with Gasteiger partial charge in [0, 0.05) is 6.42 Å². The smallest absolute Gasteiger partial charge is 0.122 e. The van der Waals surface area contributed by atoms with E-state index in [1.807, 2.05) is 18.2 Å². The molecule has 1 aliphatic rings. The van der Waals surface area contributed by atoms with Crippen molar-refractivity contribution in [3.63, 3.8) is 0 Å². The van der Waals surface area contributed by atoms with Crippen LogP contribution in [-0.2, 0) is 6.42 Å². The average Bonchev–Trinajstić information content (AvgIpc) is 2.30. The Morgan fingerprint density at radius 3 is 2.88 bits per heavy atom. The van der Waals surface area contributed by atoms with Crippen LogP contribution in [0.2, 0.25) is 0 Å². The van der Waals surface area contributed by atoms with Crippen molar-refractivity contribution < 1.29 is 9.84 Å². The molecule has 0 spiro atoms. The topological polar surface area (TPSA) is 29.5 Å². The summed E-state index contributed by atoms with van der Waals surface area (Å²) >= 11 is 0. The lowest BCUT2D eigenvalue weighted by molar-refractivity contribution is 0.0532. The van der Waals surface area contributed by atoms with E-state index < -0.39 is 0 Å². The highest BCUT2D eigenvalue weighted by atomic mass is 16.5. The van der Waals surface area contributed by atoms with Crippen molar-refractivity contribution in [1.29, 1.82) is 0 Å². The highest BCUT2D eigenvalue weighted by Gasteiger charge is 2.21. The summed E-state index contributed by atoms with van der Waals surface area (Å²) in [7, 11) is 0. The predicted octanol–water partition coefficient (Wildman–Crippen LogP) is 2.93. The number of ether oxygens (including phenoxy) is 1. The molecule has 2 atom stereocenters. The zero-order chi connectivity index (χ0) is 11.4. The quantitative estimate of drug-likeness (QED) is 0.848. The molecule has 2 unspecified atom stereocenters. The van der Waals surface area contributed by atoms with Gasteiger partial charge in [-0.25, -0.2) is 0 Å². The fourth-order valence-electron chi connectivity index (χ4n) is 2.32. The van der Waals surface area contributed by atoms with Gasteiger partial charge in [-0.2, -0.15) is 0 Å². The van der Waals surface area contributed by atoms with Gasteiger partial charge in [0.2, 0.25) is 0 Å². The molecule has 1 aromatic rings. The maximum absolute atomic E-state index is 9.60. The first-order valence-corrected chi connectivity index (χ1v) is 6.22. The number of aliphatic hydroxyl groups excluding tert-OH is 1. The number of benzene rings is 1. The van der Waals surface area contributed by atoms with Crippen molar-refractivity contribution in [3.05, 3.63) is 29.8 Å². The van der Waals surface area contributed by atoms with Crippen LogP contribution < -0.4 is 4.74 Å². The van der Waals surface area contributed by atoms with Crippen LogP contribution in [0.25, 0.3) is 0 Å². The normalized spacial score (nSPS) is 25.4. The second-order valence-electron chi connectivity index (χ2n) is 4.52. The molecule has 16 heavy (non-hydrogen) atoms. The molecule has 88 valence electrons. The monoisotopic (exact) mass is 220 g/mol. The molecule has 0 amide bonds. The van der Waals surface area contributed by atoms with Crippen molar-refractivity contribution in [3.8, 4) is 5.75 Å². The van der Waals surface area contributed by atoms with Gasteiger partial charge in [-0.15, -0.1) is 0 Å². The van der Waals surface area contributed by atoms with Gasteiger partial charge >= 0.3 is 0 Å². The minimum Gasteiger partial charge on any atom is -0.490 e. The molecule has 0 bridgehead atoms. The molecular weight excluding hydrogens is 200 g/mol. The first-order chi connectivity index (χ1) is 7.79. The molecule has 0 saturated heterocycles. The van der Waals surface area contributed by atoms with Gasteiger partial charge in [-0.3, -0.25) is 0 Å². The number of para-hydroxylation sites is 1. The Labute approximate surface area is 97.3 Å². The summed E-state index contributed by atoms with van der Waals surface area (Å²) in [5.41, 5.74) is 1.25. The SMILES string of the molecule is CCc1ccccc1OC1CCCC(O)C1. The lowest BCUT2D eigenvalue weighted by Crippen LogP contribution is -2.28. The lowest BCUT2D eigenvalue weighted by atomic mass is 9.95. The number of hydrogen-bond donors (Lipinski definition) is 1. The standard InChI is InChI=1S/C14H20O2/c1-2-11-6-3-4-9-14(11)16-13-8-5-7-12(15)10-13/h3-4,6,9,12-13,15H,2,5,7-8,10H2,1H3. The van der Waals surface area contributed by atoms with Gasteiger partial charge in [0.1, 0.15) is 11.9 Å². The number of aryl methyl sites for hydroxylation is 1. The van der Waals surface area contributed by atoms with E-state index in [9.17, 15) is 5.11 Å². The summed E-state index contributed by atoms with van der Waals surface area (Å²) < 4.78 is 5.99. The number of aliphatic hydroxyl groups is 1.